The van der Waals surface area contributed by atoms with Crippen molar-refractivity contribution in [1.29, 1.82) is 0 Å². The first-order chi connectivity index (χ1) is 4.99. The van der Waals surface area contributed by atoms with Gasteiger partial charge in [0.2, 0.25) is 10.0 Å². The lowest BCUT2D eigenvalue weighted by atomic mass is 10.2. The summed E-state index contributed by atoms with van der Waals surface area (Å²) in [6, 6.07) is -0.574. The van der Waals surface area contributed by atoms with E-state index in [1.807, 2.05) is 0 Å². The molecule has 0 aromatic carbocycles. The summed E-state index contributed by atoms with van der Waals surface area (Å²) in [6.07, 6.45) is 1.23. The Morgan fingerprint density at radius 3 is 2.27 bits per heavy atom. The van der Waals surface area contributed by atoms with Gasteiger partial charge in [-0.1, -0.05) is 0 Å². The highest BCUT2D eigenvalue weighted by molar-refractivity contribution is 7.88. The van der Waals surface area contributed by atoms with Crippen molar-refractivity contribution in [3.05, 3.63) is 0 Å². The van der Waals surface area contributed by atoms with E-state index in [1.54, 1.807) is 0 Å². The molecule has 0 heterocycles. The second kappa shape index (κ2) is 4.66. The van der Waals surface area contributed by atoms with E-state index in [0.29, 0.717) is 0 Å². The van der Waals surface area contributed by atoms with Crippen molar-refractivity contribution in [2.24, 2.45) is 0 Å². The molecular weight excluding hydrogens is 170 g/mol. The van der Waals surface area contributed by atoms with E-state index in [-0.39, 0.29) is 19.6 Å². The predicted molar refractivity (Wildman–Crippen MR) is 40.6 cm³/mol. The molecule has 0 fully saturated rings. The minimum absolute atomic E-state index is 0.145. The molecule has 0 radical (unpaired) electrons. The molecule has 0 aliphatic heterocycles. The molecule has 0 rings (SSSR count). The molecule has 0 aromatic rings. The van der Waals surface area contributed by atoms with E-state index in [9.17, 15) is 8.42 Å². The summed E-state index contributed by atoms with van der Waals surface area (Å²) in [5, 5.41) is 17.0. The van der Waals surface area contributed by atoms with Gasteiger partial charge in [-0.2, -0.15) is 0 Å². The largest absolute Gasteiger partial charge is 0.396 e. The molecule has 1 atom stereocenters. The van der Waals surface area contributed by atoms with Crippen molar-refractivity contribution in [3.63, 3.8) is 0 Å². The smallest absolute Gasteiger partial charge is 0.209 e. The maximum Gasteiger partial charge on any atom is 0.209 e. The first-order valence-electron chi connectivity index (χ1n) is 3.18. The zero-order valence-corrected chi connectivity index (χ0v) is 7.13. The number of aliphatic hydroxyl groups is 2. The lowest BCUT2D eigenvalue weighted by molar-refractivity contribution is 0.213. The van der Waals surface area contributed by atoms with Gasteiger partial charge in [-0.15, -0.1) is 0 Å². The van der Waals surface area contributed by atoms with Crippen LogP contribution in [0.4, 0.5) is 0 Å². The van der Waals surface area contributed by atoms with Gasteiger partial charge in [0.05, 0.1) is 12.9 Å². The first-order valence-corrected chi connectivity index (χ1v) is 5.07. The summed E-state index contributed by atoms with van der Waals surface area (Å²) in [6.45, 7) is -0.443. The number of nitrogens with one attached hydrogen (secondary N) is 1. The zero-order chi connectivity index (χ0) is 8.91. The molecule has 0 saturated heterocycles. The Bertz CT molecular complexity index is 189. The van der Waals surface area contributed by atoms with Gasteiger partial charge in [-0.05, 0) is 6.42 Å². The Labute approximate surface area is 66.1 Å². The third-order valence-corrected chi connectivity index (χ3v) is 1.84. The second-order valence-corrected chi connectivity index (χ2v) is 4.06. The fraction of sp³-hybridized carbons (Fsp3) is 1.00. The Morgan fingerprint density at radius 1 is 1.45 bits per heavy atom. The van der Waals surface area contributed by atoms with Crippen LogP contribution in [0.25, 0.3) is 0 Å². The molecule has 0 spiro atoms. The number of aliphatic hydroxyl groups excluding tert-OH is 2. The fourth-order valence-electron chi connectivity index (χ4n) is 0.646. The predicted octanol–water partition coefficient (Wildman–Crippen LogP) is -1.72. The summed E-state index contributed by atoms with van der Waals surface area (Å²) in [7, 11) is -3.28. The van der Waals surface area contributed by atoms with Gasteiger partial charge in [0.1, 0.15) is 0 Å². The van der Waals surface area contributed by atoms with E-state index in [1.165, 1.54) is 0 Å². The second-order valence-electron chi connectivity index (χ2n) is 2.28. The first kappa shape index (κ1) is 10.8. The molecular formula is C5H13NO4S. The summed E-state index contributed by atoms with van der Waals surface area (Å²) in [5.74, 6) is 0. The van der Waals surface area contributed by atoms with Gasteiger partial charge in [0, 0.05) is 12.6 Å². The van der Waals surface area contributed by atoms with Crippen LogP contribution in [0.2, 0.25) is 0 Å². The van der Waals surface area contributed by atoms with Crippen LogP contribution < -0.4 is 4.72 Å². The van der Waals surface area contributed by atoms with Crippen LogP contribution in [0.15, 0.2) is 0 Å². The van der Waals surface area contributed by atoms with Crippen LogP contribution in [0.3, 0.4) is 0 Å². The van der Waals surface area contributed by atoms with Gasteiger partial charge in [0.25, 0.3) is 0 Å². The number of rotatable bonds is 5. The number of sulfonamides is 1. The lowest BCUT2D eigenvalue weighted by Crippen LogP contribution is -2.37. The highest BCUT2D eigenvalue weighted by atomic mass is 32.2. The van der Waals surface area contributed by atoms with E-state index in [0.717, 1.165) is 6.26 Å². The minimum Gasteiger partial charge on any atom is -0.396 e. The average Bonchev–Trinajstić information content (AvgIpc) is 1.84. The molecule has 0 bridgehead atoms. The summed E-state index contributed by atoms with van der Waals surface area (Å²) < 4.78 is 23.3. The van der Waals surface area contributed by atoms with Crippen molar-refractivity contribution >= 4 is 10.0 Å². The molecule has 0 aromatic heterocycles. The van der Waals surface area contributed by atoms with Crippen LogP contribution in [0.1, 0.15) is 6.42 Å². The maximum atomic E-state index is 10.6. The standard InChI is InChI=1S/C5H13NO4S/c1-11(9,10)6-5(4-8)2-3-7/h5-8H,2-4H2,1H3. The van der Waals surface area contributed by atoms with E-state index in [4.69, 9.17) is 10.2 Å². The summed E-state index contributed by atoms with van der Waals surface area (Å²) in [5.41, 5.74) is 0. The highest BCUT2D eigenvalue weighted by Crippen LogP contribution is 1.91. The van der Waals surface area contributed by atoms with Crippen molar-refractivity contribution in [3.8, 4) is 0 Å². The molecule has 0 saturated carbocycles. The Hall–Kier alpha value is -0.170. The highest BCUT2D eigenvalue weighted by Gasteiger charge is 2.11. The number of hydrogen-bond acceptors (Lipinski definition) is 4. The van der Waals surface area contributed by atoms with E-state index in [2.05, 4.69) is 4.72 Å². The maximum absolute atomic E-state index is 10.6. The topological polar surface area (TPSA) is 86.6 Å². The molecule has 6 heteroatoms. The lowest BCUT2D eigenvalue weighted by Gasteiger charge is -2.12. The molecule has 11 heavy (non-hydrogen) atoms. The quantitative estimate of drug-likeness (QED) is 0.473. The molecule has 3 N–H and O–H groups in total. The molecule has 68 valence electrons. The Morgan fingerprint density at radius 2 is 2.00 bits per heavy atom. The average molecular weight is 183 g/mol. The van der Waals surface area contributed by atoms with Crippen molar-refractivity contribution < 1.29 is 18.6 Å². The van der Waals surface area contributed by atoms with Gasteiger partial charge >= 0.3 is 0 Å². The van der Waals surface area contributed by atoms with Crippen LogP contribution >= 0.6 is 0 Å². The van der Waals surface area contributed by atoms with Gasteiger partial charge < -0.3 is 10.2 Å². The van der Waals surface area contributed by atoms with Crippen LogP contribution in [-0.2, 0) is 10.0 Å². The molecule has 0 aliphatic rings. The van der Waals surface area contributed by atoms with Crippen molar-refractivity contribution in [1.82, 2.24) is 4.72 Å². The third-order valence-electron chi connectivity index (χ3n) is 1.08. The molecule has 5 nitrogen and oxygen atoms in total. The van der Waals surface area contributed by atoms with Crippen molar-refractivity contribution in [2.45, 2.75) is 12.5 Å². The molecule has 0 aliphatic carbocycles. The number of hydrogen-bond donors (Lipinski definition) is 3. The van der Waals surface area contributed by atoms with Crippen LogP contribution in [0.5, 0.6) is 0 Å². The Balaban J connectivity index is 3.88. The molecule has 0 amide bonds. The van der Waals surface area contributed by atoms with Crippen LogP contribution in [-0.4, -0.2) is 44.1 Å². The summed E-state index contributed by atoms with van der Waals surface area (Å²) >= 11 is 0. The zero-order valence-electron chi connectivity index (χ0n) is 6.32. The fourth-order valence-corrected chi connectivity index (χ4v) is 1.44. The minimum atomic E-state index is -3.28. The third kappa shape index (κ3) is 6.24. The van der Waals surface area contributed by atoms with E-state index < -0.39 is 16.1 Å². The van der Waals surface area contributed by atoms with E-state index >= 15 is 0 Å². The summed E-state index contributed by atoms with van der Waals surface area (Å²) in [4.78, 5) is 0. The SMILES string of the molecule is CS(=O)(=O)NC(CO)CCO. The van der Waals surface area contributed by atoms with Crippen molar-refractivity contribution in [2.75, 3.05) is 19.5 Å². The van der Waals surface area contributed by atoms with Crippen LogP contribution in [0, 0.1) is 0 Å². The van der Waals surface area contributed by atoms with Gasteiger partial charge in [0.15, 0.2) is 0 Å². The molecule has 1 unspecified atom stereocenters. The Kier molecular flexibility index (Phi) is 4.58. The van der Waals surface area contributed by atoms with Gasteiger partial charge in [-0.3, -0.25) is 0 Å². The monoisotopic (exact) mass is 183 g/mol. The van der Waals surface area contributed by atoms with Gasteiger partial charge in [-0.25, -0.2) is 13.1 Å². The normalized spacial score (nSPS) is 14.8.